The summed E-state index contributed by atoms with van der Waals surface area (Å²) in [5, 5.41) is 9.10. The van der Waals surface area contributed by atoms with Crippen LogP contribution in [0.4, 0.5) is 26.7 Å². The summed E-state index contributed by atoms with van der Waals surface area (Å²) in [6, 6.07) is 30.3. The Bertz CT molecular complexity index is 1330. The van der Waals surface area contributed by atoms with E-state index in [1.54, 1.807) is 53.4 Å². The van der Waals surface area contributed by atoms with E-state index in [1.165, 1.54) is 0 Å². The van der Waals surface area contributed by atoms with Crippen molar-refractivity contribution in [1.29, 1.82) is 0 Å². The Morgan fingerprint density at radius 3 is 2.14 bits per heavy atom. The van der Waals surface area contributed by atoms with Crippen LogP contribution in [-0.2, 0) is 0 Å². The number of hydrogen-bond acceptors (Lipinski definition) is 3. The lowest BCUT2D eigenvalue weighted by Gasteiger charge is -2.24. The van der Waals surface area contributed by atoms with Crippen molar-refractivity contribution in [1.82, 2.24) is 5.32 Å². The number of nitrogens with zero attached hydrogens (tertiary/aromatic N) is 1. The molecular weight excluding hydrogens is 488 g/mol. The van der Waals surface area contributed by atoms with Gasteiger partial charge in [0.05, 0.1) is 0 Å². The van der Waals surface area contributed by atoms with Gasteiger partial charge in [0.15, 0.2) is 0 Å². The zero-order chi connectivity index (χ0) is 26.0. The maximum absolute atomic E-state index is 13.2. The second kappa shape index (κ2) is 12.5. The largest absolute Gasteiger partial charge is 0.457 e. The topological polar surface area (TPSA) is 82.7 Å². The Hall–Kier alpha value is -4.49. The SMILES string of the molecule is Cc1ccccc1NC(=O)NCCN(C(=O)Nc1ccc(Cl)cc1)c1ccc(Oc2ccccc2)cc1. The van der Waals surface area contributed by atoms with Crippen LogP contribution in [0, 0.1) is 6.92 Å². The van der Waals surface area contributed by atoms with Gasteiger partial charge in [-0.15, -0.1) is 0 Å². The molecule has 0 saturated carbocycles. The molecule has 0 fully saturated rings. The fourth-order valence-electron chi connectivity index (χ4n) is 3.55. The number of nitrogens with one attached hydrogen (secondary N) is 3. The van der Waals surface area contributed by atoms with Gasteiger partial charge in [0.25, 0.3) is 0 Å². The number of urea groups is 2. The summed E-state index contributed by atoms with van der Waals surface area (Å²) in [4.78, 5) is 27.2. The van der Waals surface area contributed by atoms with Crippen molar-refractivity contribution < 1.29 is 14.3 Å². The molecule has 0 aromatic heterocycles. The Kier molecular flexibility index (Phi) is 8.62. The average molecular weight is 515 g/mol. The zero-order valence-corrected chi connectivity index (χ0v) is 21.0. The summed E-state index contributed by atoms with van der Waals surface area (Å²) in [6.45, 7) is 2.39. The first-order valence-electron chi connectivity index (χ1n) is 11.8. The standard InChI is InChI=1S/C29H27ClN4O3/c1-21-7-5-6-10-27(21)33-28(35)31-19-20-34(29(36)32-23-13-11-22(30)12-14-23)24-15-17-26(18-16-24)37-25-8-3-2-4-9-25/h2-18H,19-20H2,1H3,(H,32,36)(H2,31,33,35). The van der Waals surface area contributed by atoms with Crippen LogP contribution in [0.2, 0.25) is 5.02 Å². The first-order valence-corrected chi connectivity index (χ1v) is 12.1. The third-order valence-corrected chi connectivity index (χ3v) is 5.73. The third kappa shape index (κ3) is 7.49. The molecule has 4 aromatic carbocycles. The molecule has 0 aliphatic heterocycles. The molecule has 4 amide bonds. The van der Waals surface area contributed by atoms with Gasteiger partial charge in [-0.1, -0.05) is 48.0 Å². The van der Waals surface area contributed by atoms with Crippen molar-refractivity contribution in [2.75, 3.05) is 28.6 Å². The van der Waals surface area contributed by atoms with E-state index < -0.39 is 0 Å². The maximum atomic E-state index is 13.2. The molecule has 0 aliphatic carbocycles. The Labute approximate surface area is 221 Å². The number of para-hydroxylation sites is 2. The van der Waals surface area contributed by atoms with Crippen LogP contribution in [0.25, 0.3) is 0 Å². The Morgan fingerprint density at radius 1 is 0.784 bits per heavy atom. The number of carbonyl (C=O) groups excluding carboxylic acids is 2. The molecule has 0 spiro atoms. The van der Waals surface area contributed by atoms with Crippen LogP contribution in [0.1, 0.15) is 5.56 Å². The molecule has 0 heterocycles. The summed E-state index contributed by atoms with van der Waals surface area (Å²) in [7, 11) is 0. The number of anilines is 3. The van der Waals surface area contributed by atoms with E-state index >= 15 is 0 Å². The molecule has 0 saturated heterocycles. The van der Waals surface area contributed by atoms with E-state index in [-0.39, 0.29) is 25.2 Å². The fraction of sp³-hybridized carbons (Fsp3) is 0.103. The molecule has 4 aromatic rings. The molecule has 0 unspecified atom stereocenters. The van der Waals surface area contributed by atoms with Crippen LogP contribution in [0.3, 0.4) is 0 Å². The number of aryl methyl sites for hydroxylation is 1. The Balaban J connectivity index is 1.43. The fourth-order valence-corrected chi connectivity index (χ4v) is 3.68. The minimum Gasteiger partial charge on any atom is -0.457 e. The van der Waals surface area contributed by atoms with Crippen molar-refractivity contribution >= 4 is 40.7 Å². The van der Waals surface area contributed by atoms with Crippen LogP contribution in [0.5, 0.6) is 11.5 Å². The smallest absolute Gasteiger partial charge is 0.326 e. The third-order valence-electron chi connectivity index (χ3n) is 5.48. The number of halogens is 1. The van der Waals surface area contributed by atoms with Gasteiger partial charge in [-0.3, -0.25) is 4.90 Å². The van der Waals surface area contributed by atoms with Crippen LogP contribution >= 0.6 is 11.6 Å². The minimum absolute atomic E-state index is 0.230. The number of carbonyl (C=O) groups is 2. The van der Waals surface area contributed by atoms with E-state index in [0.29, 0.717) is 22.1 Å². The van der Waals surface area contributed by atoms with Gasteiger partial charge in [-0.05, 0) is 79.2 Å². The van der Waals surface area contributed by atoms with Gasteiger partial charge < -0.3 is 20.7 Å². The van der Waals surface area contributed by atoms with Crippen molar-refractivity contribution in [3.05, 3.63) is 114 Å². The lowest BCUT2D eigenvalue weighted by Crippen LogP contribution is -2.42. The highest BCUT2D eigenvalue weighted by Crippen LogP contribution is 2.25. The number of hydrogen-bond donors (Lipinski definition) is 3. The van der Waals surface area contributed by atoms with Gasteiger partial charge in [0.2, 0.25) is 0 Å². The normalized spacial score (nSPS) is 10.3. The quantitative estimate of drug-likeness (QED) is 0.231. The van der Waals surface area contributed by atoms with Crippen molar-refractivity contribution in [3.8, 4) is 11.5 Å². The van der Waals surface area contributed by atoms with E-state index in [2.05, 4.69) is 16.0 Å². The molecule has 0 bridgehead atoms. The first-order chi connectivity index (χ1) is 18.0. The van der Waals surface area contributed by atoms with Crippen molar-refractivity contribution in [2.45, 2.75) is 6.92 Å². The predicted molar refractivity (Wildman–Crippen MR) is 149 cm³/mol. The average Bonchev–Trinajstić information content (AvgIpc) is 2.90. The van der Waals surface area contributed by atoms with Gasteiger partial charge in [-0.2, -0.15) is 0 Å². The van der Waals surface area contributed by atoms with E-state index in [0.717, 1.165) is 17.0 Å². The molecule has 0 radical (unpaired) electrons. The summed E-state index contributed by atoms with van der Waals surface area (Å²) in [5.41, 5.74) is 2.94. The molecule has 7 nitrogen and oxygen atoms in total. The number of rotatable bonds is 8. The molecule has 0 aliphatic rings. The number of ether oxygens (including phenoxy) is 1. The van der Waals surface area contributed by atoms with Crippen molar-refractivity contribution in [2.24, 2.45) is 0 Å². The van der Waals surface area contributed by atoms with Crippen molar-refractivity contribution in [3.63, 3.8) is 0 Å². The Morgan fingerprint density at radius 2 is 1.43 bits per heavy atom. The molecule has 0 atom stereocenters. The number of amides is 4. The van der Waals surface area contributed by atoms with Gasteiger partial charge >= 0.3 is 12.1 Å². The van der Waals surface area contributed by atoms with E-state index in [1.807, 2.05) is 61.5 Å². The maximum Gasteiger partial charge on any atom is 0.326 e. The molecule has 37 heavy (non-hydrogen) atoms. The van der Waals surface area contributed by atoms with Crippen LogP contribution in [-0.4, -0.2) is 25.2 Å². The lowest BCUT2D eigenvalue weighted by molar-refractivity contribution is 0.250. The monoisotopic (exact) mass is 514 g/mol. The van der Waals surface area contributed by atoms with Crippen LogP contribution < -0.4 is 25.6 Å². The lowest BCUT2D eigenvalue weighted by atomic mass is 10.2. The van der Waals surface area contributed by atoms with E-state index in [9.17, 15) is 9.59 Å². The highest BCUT2D eigenvalue weighted by Gasteiger charge is 2.17. The minimum atomic E-state index is -0.348. The molecule has 3 N–H and O–H groups in total. The zero-order valence-electron chi connectivity index (χ0n) is 20.3. The predicted octanol–water partition coefficient (Wildman–Crippen LogP) is 7.30. The highest BCUT2D eigenvalue weighted by atomic mass is 35.5. The molecule has 188 valence electrons. The first kappa shape index (κ1) is 25.6. The van der Waals surface area contributed by atoms with Gasteiger partial charge in [-0.25, -0.2) is 9.59 Å². The summed E-state index contributed by atoms with van der Waals surface area (Å²) >= 11 is 5.96. The molecule has 8 heteroatoms. The molecule has 4 rings (SSSR count). The van der Waals surface area contributed by atoms with Gasteiger partial charge in [0.1, 0.15) is 11.5 Å². The number of benzene rings is 4. The second-order valence-corrected chi connectivity index (χ2v) is 8.63. The second-order valence-electron chi connectivity index (χ2n) is 8.19. The summed E-state index contributed by atoms with van der Waals surface area (Å²) in [6.07, 6.45) is 0. The summed E-state index contributed by atoms with van der Waals surface area (Å²) < 4.78 is 5.86. The highest BCUT2D eigenvalue weighted by molar-refractivity contribution is 6.30. The van der Waals surface area contributed by atoms with E-state index in [4.69, 9.17) is 16.3 Å². The summed E-state index contributed by atoms with van der Waals surface area (Å²) in [5.74, 6) is 1.36. The molecular formula is C29H27ClN4O3. The van der Waals surface area contributed by atoms with Crippen LogP contribution in [0.15, 0.2) is 103 Å². The van der Waals surface area contributed by atoms with Gasteiger partial charge in [0, 0.05) is 35.2 Å².